The zero-order valence-corrected chi connectivity index (χ0v) is 18.0. The van der Waals surface area contributed by atoms with Crippen molar-refractivity contribution in [2.24, 2.45) is 0 Å². The number of hydrogen-bond donors (Lipinski definition) is 1. The lowest BCUT2D eigenvalue weighted by atomic mass is 9.94. The van der Waals surface area contributed by atoms with E-state index in [1.165, 1.54) is 0 Å². The molecule has 1 atom stereocenters. The highest BCUT2D eigenvalue weighted by atomic mass is 79.9. The Balaban J connectivity index is 0.000000221. The van der Waals surface area contributed by atoms with Crippen LogP contribution in [0.2, 0.25) is 0 Å². The molecule has 1 saturated carbocycles. The lowest BCUT2D eigenvalue weighted by Gasteiger charge is -2.32. The van der Waals surface area contributed by atoms with Crippen molar-refractivity contribution in [3.05, 3.63) is 21.7 Å². The number of rotatable bonds is 2. The zero-order valence-electron chi connectivity index (χ0n) is 14.8. The normalized spacial score (nSPS) is 21.8. The first kappa shape index (κ1) is 20.5. The number of carbonyl (C=O) groups is 2. The number of nitrogens with one attached hydrogen (secondary N) is 1. The molecule has 0 spiro atoms. The Morgan fingerprint density at radius 2 is 1.70 bits per heavy atom. The molecule has 0 aromatic heterocycles. The Morgan fingerprint density at radius 1 is 1.07 bits per heavy atom. The van der Waals surface area contributed by atoms with Gasteiger partial charge in [-0.1, -0.05) is 0 Å². The van der Waals surface area contributed by atoms with Crippen LogP contribution >= 0.6 is 32.1 Å². The molecule has 0 unspecified atom stereocenters. The third kappa shape index (κ3) is 4.29. The van der Waals surface area contributed by atoms with Crippen molar-refractivity contribution in [2.75, 3.05) is 5.32 Å². The second-order valence-corrected chi connectivity index (χ2v) is 8.45. The first-order valence-electron chi connectivity index (χ1n) is 8.93. The number of imide groups is 1. The summed E-state index contributed by atoms with van der Waals surface area (Å²) in [7, 11) is 0. The molecule has 2 heterocycles. The number of halogens is 4. The van der Waals surface area contributed by atoms with Gasteiger partial charge in [-0.05, 0) is 55.0 Å². The lowest BCUT2D eigenvalue weighted by molar-refractivity contribution is -0.131. The van der Waals surface area contributed by atoms with Crippen LogP contribution in [0, 0.1) is 11.6 Å². The maximum absolute atomic E-state index is 14.0. The number of fused-ring (bicyclic) bond motifs is 1. The average Bonchev–Trinajstić information content (AvgIpc) is 2.90. The first-order valence-corrected chi connectivity index (χ1v) is 10.4. The molecule has 1 aliphatic carbocycles. The van der Waals surface area contributed by atoms with E-state index >= 15 is 0 Å². The Morgan fingerprint density at radius 3 is 2.19 bits per heavy atom. The van der Waals surface area contributed by atoms with Crippen LogP contribution in [0.1, 0.15) is 51.0 Å². The molecule has 5 nitrogen and oxygen atoms in total. The number of hydrogen-bond acceptors (Lipinski definition) is 4. The number of nitrogens with zero attached hydrogens (tertiary/aromatic N) is 1. The number of ether oxygens (including phenoxy) is 1. The second-order valence-electron chi connectivity index (χ2n) is 6.95. The Hall–Kier alpha value is -1.22. The molecule has 148 valence electrons. The molecule has 1 N–H and O–H groups in total. The van der Waals surface area contributed by atoms with Gasteiger partial charge in [0, 0.05) is 24.4 Å². The van der Waals surface area contributed by atoms with Gasteiger partial charge in [-0.3, -0.25) is 9.59 Å². The van der Waals surface area contributed by atoms with Gasteiger partial charge >= 0.3 is 0 Å². The summed E-state index contributed by atoms with van der Waals surface area (Å²) in [5, 5.41) is 3.03. The Kier molecular flexibility index (Phi) is 6.40. The molecule has 9 heteroatoms. The minimum Gasteiger partial charge on any atom is -0.489 e. The first-order chi connectivity index (χ1) is 12.8. The van der Waals surface area contributed by atoms with E-state index < -0.39 is 11.6 Å². The summed E-state index contributed by atoms with van der Waals surface area (Å²) in [6.07, 6.45) is 5.57. The molecule has 2 fully saturated rings. The van der Waals surface area contributed by atoms with Gasteiger partial charge in [-0.25, -0.2) is 12.7 Å². The van der Waals surface area contributed by atoms with Crippen LogP contribution in [-0.2, 0) is 16.0 Å². The fourth-order valence-corrected chi connectivity index (χ4v) is 3.94. The molecule has 1 aromatic rings. The molecule has 3 aliphatic rings. The van der Waals surface area contributed by atoms with Gasteiger partial charge < -0.3 is 10.1 Å². The van der Waals surface area contributed by atoms with Crippen molar-refractivity contribution in [2.45, 2.75) is 64.0 Å². The number of benzene rings is 1. The van der Waals surface area contributed by atoms with E-state index in [1.54, 1.807) is 0 Å². The molecule has 2 aliphatic heterocycles. The number of carbonyl (C=O) groups excluding carboxylic acids is 2. The molecular formula is C18H20Br2F2N2O3. The minimum atomic E-state index is -0.866. The topological polar surface area (TPSA) is 58.6 Å². The van der Waals surface area contributed by atoms with Gasteiger partial charge in [0.25, 0.3) is 0 Å². The molecule has 1 aromatic carbocycles. The third-order valence-electron chi connectivity index (χ3n) is 4.93. The van der Waals surface area contributed by atoms with Crippen LogP contribution in [0.3, 0.4) is 0 Å². The van der Waals surface area contributed by atoms with E-state index in [-0.39, 0.29) is 34.1 Å². The van der Waals surface area contributed by atoms with Crippen molar-refractivity contribution in [1.29, 1.82) is 0 Å². The van der Waals surface area contributed by atoms with Crippen LogP contribution < -0.4 is 10.1 Å². The predicted molar refractivity (Wildman–Crippen MR) is 104 cm³/mol. The van der Waals surface area contributed by atoms with E-state index in [1.807, 2.05) is 6.92 Å². The van der Waals surface area contributed by atoms with Crippen molar-refractivity contribution >= 4 is 49.6 Å². The van der Waals surface area contributed by atoms with Gasteiger partial charge in [0.2, 0.25) is 11.8 Å². The minimum absolute atomic E-state index is 0.118. The highest BCUT2D eigenvalue weighted by molar-refractivity contribution is 9.10. The van der Waals surface area contributed by atoms with Crippen LogP contribution in [0.4, 0.5) is 14.5 Å². The van der Waals surface area contributed by atoms with Gasteiger partial charge in [0.15, 0.2) is 11.6 Å². The van der Waals surface area contributed by atoms with Crippen LogP contribution in [0.15, 0.2) is 4.47 Å². The van der Waals surface area contributed by atoms with Gasteiger partial charge in [-0.2, -0.15) is 0 Å². The highest BCUT2D eigenvalue weighted by Gasteiger charge is 2.30. The van der Waals surface area contributed by atoms with Crippen LogP contribution in [0.5, 0.6) is 5.75 Å². The number of anilines is 1. The van der Waals surface area contributed by atoms with E-state index in [0.29, 0.717) is 25.0 Å². The monoisotopic (exact) mass is 508 g/mol. The molecular weight excluding hydrogens is 490 g/mol. The highest BCUT2D eigenvalue weighted by Crippen LogP contribution is 2.44. The second kappa shape index (κ2) is 8.43. The van der Waals surface area contributed by atoms with Gasteiger partial charge in [0.1, 0.15) is 5.75 Å². The largest absolute Gasteiger partial charge is 0.489 e. The summed E-state index contributed by atoms with van der Waals surface area (Å²) >= 11 is 5.94. The van der Waals surface area contributed by atoms with Crippen molar-refractivity contribution in [3.8, 4) is 5.75 Å². The molecule has 4 rings (SSSR count). The Bertz CT molecular complexity index is 756. The van der Waals surface area contributed by atoms with E-state index in [0.717, 1.165) is 35.2 Å². The van der Waals surface area contributed by atoms with Crippen LogP contribution in [0.25, 0.3) is 0 Å². The van der Waals surface area contributed by atoms with Gasteiger partial charge in [0.05, 0.1) is 32.4 Å². The van der Waals surface area contributed by atoms with Crippen molar-refractivity contribution < 1.29 is 23.1 Å². The molecule has 2 amide bonds. The summed E-state index contributed by atoms with van der Waals surface area (Å²) in [6.45, 7) is 1.97. The maximum Gasteiger partial charge on any atom is 0.239 e. The van der Waals surface area contributed by atoms with E-state index in [4.69, 9.17) is 4.74 Å². The van der Waals surface area contributed by atoms with Crippen molar-refractivity contribution in [1.82, 2.24) is 3.93 Å². The lowest BCUT2D eigenvalue weighted by Crippen LogP contribution is -2.28. The molecule has 27 heavy (non-hydrogen) atoms. The maximum atomic E-state index is 14.0. The average molecular weight is 510 g/mol. The third-order valence-corrected chi connectivity index (χ3v) is 6.42. The number of amides is 2. The summed E-state index contributed by atoms with van der Waals surface area (Å²) < 4.78 is 34.9. The zero-order chi connectivity index (χ0) is 19.7. The fraction of sp³-hybridized carbons (Fsp3) is 0.556. The predicted octanol–water partition coefficient (Wildman–Crippen LogP) is 4.85. The van der Waals surface area contributed by atoms with E-state index in [9.17, 15) is 18.4 Å². The van der Waals surface area contributed by atoms with E-state index in [2.05, 4.69) is 37.4 Å². The fourth-order valence-electron chi connectivity index (χ4n) is 3.08. The van der Waals surface area contributed by atoms with Crippen molar-refractivity contribution in [3.63, 3.8) is 0 Å². The summed E-state index contributed by atoms with van der Waals surface area (Å²) in [5.41, 5.74) is 1.03. The SMILES string of the molecule is C[C@H]1CCc2c(c(F)c(F)c(Br)c2OC2CCC2)N1.O=C1CCC(=O)N1Br. The smallest absolute Gasteiger partial charge is 0.239 e. The Labute approximate surface area is 173 Å². The summed E-state index contributed by atoms with van der Waals surface area (Å²) in [5.74, 6) is -1.48. The summed E-state index contributed by atoms with van der Waals surface area (Å²) in [4.78, 5) is 20.9. The molecule has 0 radical (unpaired) electrons. The summed E-state index contributed by atoms with van der Waals surface area (Å²) in [6, 6.07) is 0.152. The molecule has 1 saturated heterocycles. The van der Waals surface area contributed by atoms with Crippen LogP contribution in [-0.4, -0.2) is 27.9 Å². The van der Waals surface area contributed by atoms with Gasteiger partial charge in [-0.15, -0.1) is 0 Å². The molecule has 0 bridgehead atoms. The quantitative estimate of drug-likeness (QED) is 0.351. The standard InChI is InChI=1S/C14H16BrF2NO.C4H4BrNO2/c1-7-5-6-9-13(18-7)12(17)11(16)10(15)14(9)19-8-3-2-4-8;5-6-3(7)1-2-4(6)8/h7-8,18H,2-6H2,1H3;1-2H2/t7-;/m0./s1.